The van der Waals surface area contributed by atoms with Crippen LogP contribution in [0.25, 0.3) is 11.3 Å². The molecule has 5 rings (SSSR count). The van der Waals surface area contributed by atoms with Gasteiger partial charge in [0.25, 0.3) is 5.91 Å². The quantitative estimate of drug-likeness (QED) is 0.328. The number of hydrogen-bond acceptors (Lipinski definition) is 8. The van der Waals surface area contributed by atoms with Gasteiger partial charge in [0, 0.05) is 48.5 Å². The number of pyridine rings is 1. The van der Waals surface area contributed by atoms with Crippen LogP contribution in [-0.2, 0) is 4.74 Å². The first-order valence-corrected chi connectivity index (χ1v) is 13.4. The highest BCUT2D eigenvalue weighted by Gasteiger charge is 2.20. The lowest BCUT2D eigenvalue weighted by molar-refractivity contribution is 0.0526. The van der Waals surface area contributed by atoms with Crippen molar-refractivity contribution in [3.05, 3.63) is 88.9 Å². The summed E-state index contributed by atoms with van der Waals surface area (Å²) < 4.78 is 5.12. The lowest BCUT2D eigenvalue weighted by Gasteiger charge is -2.36. The average Bonchev–Trinajstić information content (AvgIpc) is 3.33. The SMILES string of the molecule is CCOC(=O)c1cccc(N2CCN(c3ccc(C(=O)Nc4nc(-c5ccccc5)c(C)s4)cn3)CC2)c1. The van der Waals surface area contributed by atoms with Crippen molar-refractivity contribution in [1.82, 2.24) is 9.97 Å². The summed E-state index contributed by atoms with van der Waals surface area (Å²) in [5, 5.41) is 3.48. The molecule has 0 atom stereocenters. The van der Waals surface area contributed by atoms with E-state index in [1.807, 2.05) is 61.5 Å². The molecule has 0 bridgehead atoms. The molecule has 9 heteroatoms. The van der Waals surface area contributed by atoms with Gasteiger partial charge in [0.2, 0.25) is 0 Å². The number of nitrogens with zero attached hydrogens (tertiary/aromatic N) is 4. The van der Waals surface area contributed by atoms with Crippen LogP contribution in [0.15, 0.2) is 72.9 Å². The van der Waals surface area contributed by atoms with E-state index in [-0.39, 0.29) is 11.9 Å². The summed E-state index contributed by atoms with van der Waals surface area (Å²) in [6, 6.07) is 21.2. The maximum Gasteiger partial charge on any atom is 0.338 e. The summed E-state index contributed by atoms with van der Waals surface area (Å²) in [5.74, 6) is 0.296. The van der Waals surface area contributed by atoms with Crippen molar-refractivity contribution in [3.8, 4) is 11.3 Å². The normalized spacial score (nSPS) is 13.3. The standard InChI is InChI=1S/C29H29N5O3S/c1-3-37-28(36)22-10-7-11-24(18-22)33-14-16-34(17-15-33)25-13-12-23(19-30-25)27(35)32-29-31-26(20(2)38-29)21-8-5-4-6-9-21/h4-13,18-19H,3,14-17H2,1-2H3,(H,31,32,35). The monoisotopic (exact) mass is 527 g/mol. The first-order valence-electron chi connectivity index (χ1n) is 12.6. The largest absolute Gasteiger partial charge is 0.462 e. The maximum absolute atomic E-state index is 12.8. The molecule has 0 unspecified atom stereocenters. The number of amides is 1. The summed E-state index contributed by atoms with van der Waals surface area (Å²) in [7, 11) is 0. The second-order valence-corrected chi connectivity index (χ2v) is 10.1. The van der Waals surface area contributed by atoms with Gasteiger partial charge in [-0.2, -0.15) is 0 Å². The van der Waals surface area contributed by atoms with E-state index in [1.54, 1.807) is 25.3 Å². The third-order valence-electron chi connectivity index (χ3n) is 6.40. The lowest BCUT2D eigenvalue weighted by Crippen LogP contribution is -2.46. The Bertz CT molecular complexity index is 1410. The van der Waals surface area contributed by atoms with Crippen LogP contribution in [0, 0.1) is 6.92 Å². The molecule has 8 nitrogen and oxygen atoms in total. The van der Waals surface area contributed by atoms with Gasteiger partial charge in [-0.15, -0.1) is 11.3 Å². The summed E-state index contributed by atoms with van der Waals surface area (Å²) in [5.41, 5.74) is 3.96. The Balaban J connectivity index is 1.18. The molecule has 2 aromatic heterocycles. The number of carbonyl (C=O) groups is 2. The molecule has 1 amide bonds. The van der Waals surface area contributed by atoms with E-state index in [4.69, 9.17) is 4.74 Å². The van der Waals surface area contributed by atoms with Gasteiger partial charge in [0.1, 0.15) is 5.82 Å². The predicted octanol–water partition coefficient (Wildman–Crippen LogP) is 5.27. The van der Waals surface area contributed by atoms with Crippen LogP contribution in [0.3, 0.4) is 0 Å². The molecule has 1 aliphatic heterocycles. The molecule has 194 valence electrons. The Morgan fingerprint density at radius 3 is 2.42 bits per heavy atom. The fourth-order valence-electron chi connectivity index (χ4n) is 4.43. The molecule has 1 N–H and O–H groups in total. The van der Waals surface area contributed by atoms with Crippen LogP contribution in [0.4, 0.5) is 16.6 Å². The van der Waals surface area contributed by atoms with Crippen molar-refractivity contribution in [1.29, 1.82) is 0 Å². The van der Waals surface area contributed by atoms with Crippen LogP contribution >= 0.6 is 11.3 Å². The minimum atomic E-state index is -0.303. The van der Waals surface area contributed by atoms with Crippen molar-refractivity contribution in [3.63, 3.8) is 0 Å². The molecule has 2 aromatic carbocycles. The van der Waals surface area contributed by atoms with Crippen LogP contribution in [0.5, 0.6) is 0 Å². The third-order valence-corrected chi connectivity index (χ3v) is 7.29. The third kappa shape index (κ3) is 5.68. The lowest BCUT2D eigenvalue weighted by atomic mass is 10.1. The van der Waals surface area contributed by atoms with Gasteiger partial charge < -0.3 is 14.5 Å². The molecule has 0 aliphatic carbocycles. The Labute approximate surface area is 225 Å². The van der Waals surface area contributed by atoms with Crippen LogP contribution in [0.2, 0.25) is 0 Å². The van der Waals surface area contributed by atoms with Gasteiger partial charge in [-0.05, 0) is 44.2 Å². The molecular weight excluding hydrogens is 498 g/mol. The second-order valence-electron chi connectivity index (χ2n) is 8.89. The molecule has 0 radical (unpaired) electrons. The number of aromatic nitrogens is 2. The van der Waals surface area contributed by atoms with Crippen LogP contribution in [-0.4, -0.2) is 54.6 Å². The Hall–Kier alpha value is -4.24. The molecule has 38 heavy (non-hydrogen) atoms. The van der Waals surface area contributed by atoms with Gasteiger partial charge in [0.15, 0.2) is 5.13 Å². The van der Waals surface area contributed by atoms with E-state index in [2.05, 4.69) is 25.1 Å². The smallest absolute Gasteiger partial charge is 0.338 e. The van der Waals surface area contributed by atoms with Gasteiger partial charge in [0.05, 0.1) is 23.4 Å². The second kappa shape index (κ2) is 11.4. The number of hydrogen-bond donors (Lipinski definition) is 1. The number of anilines is 3. The Morgan fingerprint density at radius 2 is 1.71 bits per heavy atom. The van der Waals surface area contributed by atoms with Gasteiger partial charge in [-0.25, -0.2) is 14.8 Å². The summed E-state index contributed by atoms with van der Waals surface area (Å²) in [6.07, 6.45) is 1.61. The molecular formula is C29H29N5O3S. The Kier molecular flexibility index (Phi) is 7.65. The van der Waals surface area contributed by atoms with Gasteiger partial charge in [-0.1, -0.05) is 36.4 Å². The molecule has 1 fully saturated rings. The van der Waals surface area contributed by atoms with Crippen LogP contribution in [0.1, 0.15) is 32.5 Å². The van der Waals surface area contributed by atoms with Crippen molar-refractivity contribution >= 4 is 39.9 Å². The molecule has 1 saturated heterocycles. The zero-order valence-electron chi connectivity index (χ0n) is 21.4. The van der Waals surface area contributed by atoms with Crippen LogP contribution < -0.4 is 15.1 Å². The zero-order chi connectivity index (χ0) is 26.5. The van der Waals surface area contributed by atoms with Crippen molar-refractivity contribution in [2.45, 2.75) is 13.8 Å². The van der Waals surface area contributed by atoms with E-state index >= 15 is 0 Å². The first-order chi connectivity index (χ1) is 18.5. The molecule has 0 spiro atoms. The van der Waals surface area contributed by atoms with Gasteiger partial charge in [-0.3, -0.25) is 10.1 Å². The first kappa shape index (κ1) is 25.4. The van der Waals surface area contributed by atoms with Crippen molar-refractivity contribution in [2.75, 3.05) is 47.9 Å². The number of thiazole rings is 1. The predicted molar refractivity (Wildman–Crippen MR) is 151 cm³/mol. The van der Waals surface area contributed by atoms with Crippen molar-refractivity contribution in [2.24, 2.45) is 0 Å². The number of rotatable bonds is 7. The van der Waals surface area contributed by atoms with Crippen molar-refractivity contribution < 1.29 is 14.3 Å². The van der Waals surface area contributed by atoms with E-state index in [0.717, 1.165) is 53.8 Å². The van der Waals surface area contributed by atoms with E-state index in [0.29, 0.717) is 22.9 Å². The molecule has 0 saturated carbocycles. The number of piperazine rings is 1. The highest BCUT2D eigenvalue weighted by molar-refractivity contribution is 7.16. The van der Waals surface area contributed by atoms with E-state index in [9.17, 15) is 9.59 Å². The number of benzene rings is 2. The average molecular weight is 528 g/mol. The minimum Gasteiger partial charge on any atom is -0.462 e. The highest BCUT2D eigenvalue weighted by atomic mass is 32.1. The number of ether oxygens (including phenoxy) is 1. The molecule has 3 heterocycles. The number of aryl methyl sites for hydroxylation is 1. The fourth-order valence-corrected chi connectivity index (χ4v) is 5.26. The minimum absolute atomic E-state index is 0.233. The number of carbonyl (C=O) groups excluding carboxylic acids is 2. The molecule has 4 aromatic rings. The number of nitrogens with one attached hydrogen (secondary N) is 1. The summed E-state index contributed by atoms with van der Waals surface area (Å²) in [6.45, 7) is 7.31. The molecule has 1 aliphatic rings. The topological polar surface area (TPSA) is 87.7 Å². The Morgan fingerprint density at radius 1 is 0.947 bits per heavy atom. The highest BCUT2D eigenvalue weighted by Crippen LogP contribution is 2.30. The van der Waals surface area contributed by atoms with E-state index < -0.39 is 0 Å². The fraction of sp³-hybridized carbons (Fsp3) is 0.241. The van der Waals surface area contributed by atoms with Gasteiger partial charge >= 0.3 is 5.97 Å². The van der Waals surface area contributed by atoms with E-state index in [1.165, 1.54) is 11.3 Å². The summed E-state index contributed by atoms with van der Waals surface area (Å²) >= 11 is 1.46. The zero-order valence-corrected chi connectivity index (χ0v) is 22.2. The summed E-state index contributed by atoms with van der Waals surface area (Å²) in [4.78, 5) is 39.6. The maximum atomic E-state index is 12.8. The number of esters is 1.